The molecule has 0 aliphatic carbocycles. The van der Waals surface area contributed by atoms with Crippen LogP contribution >= 0.6 is 0 Å². The zero-order valence-corrected chi connectivity index (χ0v) is 15.8. The minimum atomic E-state index is -1.43. The molecule has 0 spiro atoms. The van der Waals surface area contributed by atoms with Gasteiger partial charge < -0.3 is 15.7 Å². The molecule has 28 heavy (non-hydrogen) atoms. The van der Waals surface area contributed by atoms with Gasteiger partial charge in [0.15, 0.2) is 0 Å². The van der Waals surface area contributed by atoms with Crippen LogP contribution in [0, 0.1) is 5.92 Å². The number of urea groups is 1. The van der Waals surface area contributed by atoms with Crippen LogP contribution in [0.1, 0.15) is 47.9 Å². The van der Waals surface area contributed by atoms with Gasteiger partial charge >= 0.3 is 12.0 Å². The number of anilines is 1. The molecule has 4 amide bonds. The summed E-state index contributed by atoms with van der Waals surface area (Å²) in [5, 5.41) is 17.9. The van der Waals surface area contributed by atoms with Gasteiger partial charge in [-0.25, -0.2) is 9.59 Å². The fraction of sp³-hybridized carbons (Fsp3) is 0.300. The number of aliphatic carboxylic acids is 1. The number of hydrogen-bond donors (Lipinski definition) is 4. The van der Waals surface area contributed by atoms with Crippen molar-refractivity contribution in [3.05, 3.63) is 41.5 Å². The smallest absolute Gasteiger partial charge is 0.329 e. The molecule has 0 radical (unpaired) electrons. The molecular weight excluding hydrogens is 362 g/mol. The molecule has 8 nitrogen and oxygen atoms in total. The number of amides is 4. The molecule has 4 N–H and O–H groups in total. The number of carboxylic acids is 1. The minimum absolute atomic E-state index is 0.0615. The highest BCUT2D eigenvalue weighted by Crippen LogP contribution is 2.32. The third-order valence-corrected chi connectivity index (χ3v) is 4.68. The van der Waals surface area contributed by atoms with Crippen molar-refractivity contribution >= 4 is 40.3 Å². The van der Waals surface area contributed by atoms with Gasteiger partial charge in [0.25, 0.3) is 11.8 Å². The van der Waals surface area contributed by atoms with Gasteiger partial charge in [0.1, 0.15) is 5.54 Å². The molecule has 2 aromatic rings. The molecule has 3 rings (SSSR count). The van der Waals surface area contributed by atoms with Gasteiger partial charge in [-0.3, -0.25) is 14.9 Å². The van der Waals surface area contributed by atoms with E-state index in [1.165, 1.54) is 13.0 Å². The van der Waals surface area contributed by atoms with Gasteiger partial charge in [0, 0.05) is 21.9 Å². The summed E-state index contributed by atoms with van der Waals surface area (Å²) in [5.41, 5.74) is -0.379. The second-order valence-electron chi connectivity index (χ2n) is 7.49. The normalized spacial score (nSPS) is 15.1. The highest BCUT2D eigenvalue weighted by atomic mass is 16.4. The Bertz CT molecular complexity index is 994. The van der Waals surface area contributed by atoms with Crippen LogP contribution in [0.5, 0.6) is 0 Å². The van der Waals surface area contributed by atoms with Crippen LogP contribution in [0.25, 0.3) is 10.8 Å². The van der Waals surface area contributed by atoms with Crippen LogP contribution in [-0.4, -0.2) is 34.5 Å². The molecule has 1 aliphatic rings. The van der Waals surface area contributed by atoms with E-state index in [9.17, 15) is 24.3 Å². The van der Waals surface area contributed by atoms with E-state index in [4.69, 9.17) is 0 Å². The lowest BCUT2D eigenvalue weighted by molar-refractivity contribution is -0.144. The predicted octanol–water partition coefficient (Wildman–Crippen LogP) is 2.73. The standard InChI is InChI=1S/C20H21N3O5/c1-10(2)9-20(3,18(26)27)23-19(28)21-14-8-7-13-15-11(14)5-4-6-12(15)16(24)22-17(13)25/h4-8,10H,9H2,1-3H3,(H,26,27)(H2,21,23,28)(H,22,24,25)/t20-/m0/s1. The molecule has 0 aromatic heterocycles. The van der Waals surface area contributed by atoms with Gasteiger partial charge in [-0.1, -0.05) is 26.0 Å². The van der Waals surface area contributed by atoms with Crippen LogP contribution in [0.15, 0.2) is 30.3 Å². The van der Waals surface area contributed by atoms with Crippen LogP contribution in [0.4, 0.5) is 10.5 Å². The number of benzene rings is 2. The number of carbonyl (C=O) groups is 4. The predicted molar refractivity (Wildman–Crippen MR) is 103 cm³/mol. The van der Waals surface area contributed by atoms with Gasteiger partial charge in [-0.2, -0.15) is 0 Å². The van der Waals surface area contributed by atoms with E-state index < -0.39 is 29.4 Å². The first kappa shape index (κ1) is 19.3. The van der Waals surface area contributed by atoms with Gasteiger partial charge in [0.05, 0.1) is 5.69 Å². The Balaban J connectivity index is 1.95. The maximum atomic E-state index is 12.5. The van der Waals surface area contributed by atoms with Gasteiger partial charge in [-0.05, 0) is 37.5 Å². The Kier molecular flexibility index (Phi) is 4.80. The van der Waals surface area contributed by atoms with Gasteiger partial charge in [0.2, 0.25) is 0 Å². The number of rotatable bonds is 5. The second kappa shape index (κ2) is 6.95. The van der Waals surface area contributed by atoms with Crippen molar-refractivity contribution in [3.8, 4) is 0 Å². The highest BCUT2D eigenvalue weighted by Gasteiger charge is 2.35. The maximum absolute atomic E-state index is 12.5. The summed E-state index contributed by atoms with van der Waals surface area (Å²) in [6.07, 6.45) is 0.258. The lowest BCUT2D eigenvalue weighted by atomic mass is 9.91. The third-order valence-electron chi connectivity index (χ3n) is 4.68. The summed E-state index contributed by atoms with van der Waals surface area (Å²) in [5.74, 6) is -2.07. The van der Waals surface area contributed by atoms with Crippen LogP contribution in [-0.2, 0) is 4.79 Å². The van der Waals surface area contributed by atoms with Gasteiger partial charge in [-0.15, -0.1) is 0 Å². The van der Waals surface area contributed by atoms with Crippen LogP contribution in [0.2, 0.25) is 0 Å². The molecule has 0 unspecified atom stereocenters. The van der Waals surface area contributed by atoms with Crippen LogP contribution in [0.3, 0.4) is 0 Å². The Labute approximate surface area is 161 Å². The van der Waals surface area contributed by atoms with E-state index >= 15 is 0 Å². The van der Waals surface area contributed by atoms with E-state index in [-0.39, 0.29) is 12.3 Å². The number of carbonyl (C=O) groups excluding carboxylic acids is 3. The topological polar surface area (TPSA) is 125 Å². The Hall–Kier alpha value is -3.42. The van der Waals surface area contributed by atoms with Crippen molar-refractivity contribution < 1.29 is 24.3 Å². The SMILES string of the molecule is CC(C)C[C@](C)(NC(=O)Nc1ccc2c3c(cccc13)C(=O)NC2=O)C(=O)O. The lowest BCUT2D eigenvalue weighted by Crippen LogP contribution is -2.54. The molecule has 2 aromatic carbocycles. The second-order valence-corrected chi connectivity index (χ2v) is 7.49. The van der Waals surface area contributed by atoms with Crippen molar-refractivity contribution in [2.75, 3.05) is 5.32 Å². The molecule has 0 fully saturated rings. The highest BCUT2D eigenvalue weighted by molar-refractivity contribution is 6.27. The van der Waals surface area contributed by atoms with E-state index in [2.05, 4.69) is 16.0 Å². The zero-order chi connectivity index (χ0) is 20.6. The molecular formula is C20H21N3O5. The molecule has 0 saturated carbocycles. The van der Waals surface area contributed by atoms with E-state index in [0.29, 0.717) is 27.6 Å². The average molecular weight is 383 g/mol. The molecule has 146 valence electrons. The summed E-state index contributed by atoms with van der Waals surface area (Å²) in [4.78, 5) is 48.3. The molecule has 1 atom stereocenters. The third kappa shape index (κ3) is 3.40. The summed E-state index contributed by atoms with van der Waals surface area (Å²) >= 11 is 0. The minimum Gasteiger partial charge on any atom is -0.480 e. The Morgan fingerprint density at radius 3 is 2.36 bits per heavy atom. The van der Waals surface area contributed by atoms with Crippen LogP contribution < -0.4 is 16.0 Å². The summed E-state index contributed by atoms with van der Waals surface area (Å²) in [6, 6.07) is 7.33. The summed E-state index contributed by atoms with van der Waals surface area (Å²) in [6.45, 7) is 5.19. The summed E-state index contributed by atoms with van der Waals surface area (Å²) < 4.78 is 0. The van der Waals surface area contributed by atoms with Crippen molar-refractivity contribution in [2.45, 2.75) is 32.7 Å². The fourth-order valence-electron chi connectivity index (χ4n) is 3.54. The molecule has 1 aliphatic heterocycles. The Morgan fingerprint density at radius 1 is 1.11 bits per heavy atom. The first-order valence-electron chi connectivity index (χ1n) is 8.86. The van der Waals surface area contributed by atoms with Crippen molar-refractivity contribution in [2.24, 2.45) is 5.92 Å². The molecule has 1 heterocycles. The van der Waals surface area contributed by atoms with Crippen molar-refractivity contribution in [3.63, 3.8) is 0 Å². The first-order valence-corrected chi connectivity index (χ1v) is 8.86. The quantitative estimate of drug-likeness (QED) is 0.591. The van der Waals surface area contributed by atoms with Crippen molar-refractivity contribution in [1.29, 1.82) is 0 Å². The number of nitrogens with one attached hydrogen (secondary N) is 3. The number of hydrogen-bond acceptors (Lipinski definition) is 4. The fourth-order valence-corrected chi connectivity index (χ4v) is 3.54. The summed E-state index contributed by atoms with van der Waals surface area (Å²) in [7, 11) is 0. The molecule has 0 bridgehead atoms. The van der Waals surface area contributed by atoms with Crippen molar-refractivity contribution in [1.82, 2.24) is 10.6 Å². The lowest BCUT2D eigenvalue weighted by Gasteiger charge is -2.28. The van der Waals surface area contributed by atoms with E-state index in [1.54, 1.807) is 24.3 Å². The number of imide groups is 1. The largest absolute Gasteiger partial charge is 0.480 e. The zero-order valence-electron chi connectivity index (χ0n) is 15.8. The molecule has 8 heteroatoms. The monoisotopic (exact) mass is 383 g/mol. The Morgan fingerprint density at radius 2 is 1.75 bits per heavy atom. The van der Waals surface area contributed by atoms with E-state index in [0.717, 1.165) is 0 Å². The average Bonchev–Trinajstić information content (AvgIpc) is 2.59. The first-order chi connectivity index (χ1) is 13.1. The van der Waals surface area contributed by atoms with E-state index in [1.807, 2.05) is 13.8 Å². The number of carboxylic acid groups (broad SMARTS) is 1. The molecule has 0 saturated heterocycles. The maximum Gasteiger partial charge on any atom is 0.329 e.